The normalized spacial score (nSPS) is 12.4. The van der Waals surface area contributed by atoms with Crippen LogP contribution in [0, 0.1) is 0 Å². The van der Waals surface area contributed by atoms with Gasteiger partial charge >= 0.3 is 0 Å². The van der Waals surface area contributed by atoms with Crippen molar-refractivity contribution >= 4 is 37.5 Å². The van der Waals surface area contributed by atoms with Gasteiger partial charge in [0.15, 0.2) is 4.80 Å². The Labute approximate surface area is 186 Å². The quantitative estimate of drug-likeness (QED) is 0.484. The van der Waals surface area contributed by atoms with Crippen LogP contribution in [0.3, 0.4) is 0 Å². The largest absolute Gasteiger partial charge is 0.319 e. The van der Waals surface area contributed by atoms with Gasteiger partial charge in [0, 0.05) is 25.7 Å². The fourth-order valence-corrected chi connectivity index (χ4v) is 5.75. The van der Waals surface area contributed by atoms with Gasteiger partial charge in [0.05, 0.1) is 15.1 Å². The molecule has 0 atom stereocenters. The van der Waals surface area contributed by atoms with E-state index in [2.05, 4.69) is 31.1 Å². The summed E-state index contributed by atoms with van der Waals surface area (Å²) < 4.78 is 29.9. The van der Waals surface area contributed by atoms with E-state index in [4.69, 9.17) is 0 Å². The molecule has 0 aliphatic rings. The Kier molecular flexibility index (Phi) is 7.04. The minimum Gasteiger partial charge on any atom is -0.319 e. The van der Waals surface area contributed by atoms with Crippen LogP contribution in [0.1, 0.15) is 22.8 Å². The molecular formula is C23H25N3O3S2. The molecule has 0 bridgehead atoms. The highest BCUT2D eigenvalue weighted by atomic mass is 32.2. The molecule has 31 heavy (non-hydrogen) atoms. The van der Waals surface area contributed by atoms with Crippen molar-refractivity contribution in [3.63, 3.8) is 0 Å². The number of nitrogens with zero attached hydrogens (tertiary/aromatic N) is 3. The van der Waals surface area contributed by atoms with Crippen molar-refractivity contribution in [3.05, 3.63) is 83.7 Å². The second-order valence-corrected chi connectivity index (χ2v) is 9.85. The molecule has 0 aliphatic heterocycles. The van der Waals surface area contributed by atoms with Gasteiger partial charge in [-0.15, -0.1) is 13.2 Å². The van der Waals surface area contributed by atoms with E-state index in [0.717, 1.165) is 16.6 Å². The third-order valence-corrected chi connectivity index (χ3v) is 7.83. The first-order valence-electron chi connectivity index (χ1n) is 9.82. The van der Waals surface area contributed by atoms with Crippen molar-refractivity contribution in [3.8, 4) is 0 Å². The first-order chi connectivity index (χ1) is 14.8. The summed E-state index contributed by atoms with van der Waals surface area (Å²) >= 11 is 1.45. The van der Waals surface area contributed by atoms with E-state index in [0.29, 0.717) is 10.4 Å². The van der Waals surface area contributed by atoms with Crippen molar-refractivity contribution in [2.75, 3.05) is 13.1 Å². The molecule has 2 aromatic carbocycles. The average molecular weight is 456 g/mol. The maximum Gasteiger partial charge on any atom is 0.279 e. The Morgan fingerprint density at radius 1 is 1.13 bits per heavy atom. The van der Waals surface area contributed by atoms with Crippen LogP contribution in [-0.2, 0) is 23.5 Å². The Hall–Kier alpha value is -2.81. The van der Waals surface area contributed by atoms with Gasteiger partial charge in [0.1, 0.15) is 0 Å². The molecule has 1 aromatic heterocycles. The smallest absolute Gasteiger partial charge is 0.279 e. The Morgan fingerprint density at radius 2 is 1.77 bits per heavy atom. The number of benzene rings is 2. The number of amides is 1. The van der Waals surface area contributed by atoms with Crippen LogP contribution in [0.15, 0.2) is 77.7 Å². The lowest BCUT2D eigenvalue weighted by Gasteiger charge is -2.19. The SMILES string of the molecule is C=CCN(CC=C)S(=O)(=O)c1ccc(C(=O)N=c2sc3cccc(CC)c3n2C)cc1. The molecule has 0 aliphatic carbocycles. The Balaban J connectivity index is 1.94. The molecule has 3 aromatic rings. The van der Waals surface area contributed by atoms with Gasteiger partial charge in [-0.2, -0.15) is 9.30 Å². The Morgan fingerprint density at radius 3 is 2.35 bits per heavy atom. The molecule has 0 fully saturated rings. The summed E-state index contributed by atoms with van der Waals surface area (Å²) in [6.45, 7) is 9.64. The van der Waals surface area contributed by atoms with Crippen LogP contribution < -0.4 is 4.80 Å². The first kappa shape index (κ1) is 22.9. The highest BCUT2D eigenvalue weighted by Gasteiger charge is 2.22. The molecule has 6 nitrogen and oxygen atoms in total. The zero-order valence-electron chi connectivity index (χ0n) is 17.6. The van der Waals surface area contributed by atoms with Gasteiger partial charge in [0.2, 0.25) is 10.0 Å². The van der Waals surface area contributed by atoms with Gasteiger partial charge in [-0.1, -0.05) is 42.5 Å². The predicted molar refractivity (Wildman–Crippen MR) is 126 cm³/mol. The lowest BCUT2D eigenvalue weighted by atomic mass is 10.1. The number of hydrogen-bond donors (Lipinski definition) is 0. The number of carbonyl (C=O) groups excluding carboxylic acids is 1. The molecule has 1 amide bonds. The minimum absolute atomic E-state index is 0.104. The molecule has 3 rings (SSSR count). The fraction of sp³-hybridized carbons (Fsp3) is 0.217. The molecule has 0 radical (unpaired) electrons. The lowest BCUT2D eigenvalue weighted by Crippen LogP contribution is -2.31. The van der Waals surface area contributed by atoms with Crippen LogP contribution in [0.4, 0.5) is 0 Å². The summed E-state index contributed by atoms with van der Waals surface area (Å²) in [5, 5.41) is 0. The summed E-state index contributed by atoms with van der Waals surface area (Å²) in [7, 11) is -1.82. The number of fused-ring (bicyclic) bond motifs is 1. The van der Waals surface area contributed by atoms with Crippen molar-refractivity contribution < 1.29 is 13.2 Å². The van der Waals surface area contributed by atoms with Crippen molar-refractivity contribution in [2.45, 2.75) is 18.2 Å². The zero-order chi connectivity index (χ0) is 22.6. The molecule has 0 saturated carbocycles. The number of thiazole rings is 1. The van der Waals surface area contributed by atoms with E-state index in [1.807, 2.05) is 23.7 Å². The van der Waals surface area contributed by atoms with Gasteiger partial charge < -0.3 is 4.57 Å². The monoisotopic (exact) mass is 455 g/mol. The van der Waals surface area contributed by atoms with E-state index >= 15 is 0 Å². The van der Waals surface area contributed by atoms with Gasteiger partial charge in [-0.3, -0.25) is 4.79 Å². The number of rotatable bonds is 8. The van der Waals surface area contributed by atoms with E-state index in [-0.39, 0.29) is 18.0 Å². The first-order valence-corrected chi connectivity index (χ1v) is 12.1. The number of aryl methyl sites for hydroxylation is 2. The topological polar surface area (TPSA) is 71.7 Å². The highest BCUT2D eigenvalue weighted by molar-refractivity contribution is 7.89. The van der Waals surface area contributed by atoms with E-state index in [1.165, 1.54) is 57.6 Å². The molecule has 0 saturated heterocycles. The molecule has 1 heterocycles. The lowest BCUT2D eigenvalue weighted by molar-refractivity contribution is 0.0998. The molecule has 0 unspecified atom stereocenters. The summed E-state index contributed by atoms with van der Waals surface area (Å²) in [5.74, 6) is -0.418. The number of sulfonamides is 1. The van der Waals surface area contributed by atoms with Crippen molar-refractivity contribution in [1.82, 2.24) is 8.87 Å². The third kappa shape index (κ3) is 4.61. The second kappa shape index (κ2) is 9.55. The zero-order valence-corrected chi connectivity index (χ0v) is 19.2. The molecule has 8 heteroatoms. The number of para-hydroxylation sites is 1. The van der Waals surface area contributed by atoms with Crippen LogP contribution >= 0.6 is 11.3 Å². The number of hydrogen-bond acceptors (Lipinski definition) is 4. The predicted octanol–water partition coefficient (Wildman–Crippen LogP) is 3.91. The van der Waals surface area contributed by atoms with E-state index < -0.39 is 15.9 Å². The van der Waals surface area contributed by atoms with Gasteiger partial charge in [-0.05, 0) is 42.3 Å². The minimum atomic E-state index is -3.71. The standard InChI is InChI=1S/C23H25N3O3S2/c1-5-15-26(16-6-2)31(28,29)19-13-11-18(12-14-19)22(27)24-23-25(4)21-17(7-3)9-8-10-20(21)30-23/h5-6,8-14H,1-2,7,15-16H2,3-4H3. The van der Waals surface area contributed by atoms with Crippen LogP contribution in [0.2, 0.25) is 0 Å². The number of carbonyl (C=O) groups is 1. The second-order valence-electron chi connectivity index (χ2n) is 6.90. The molecular weight excluding hydrogens is 430 g/mol. The summed E-state index contributed by atoms with van der Waals surface area (Å²) in [4.78, 5) is 17.7. The Bertz CT molecular complexity index is 1290. The molecule has 0 spiro atoms. The van der Waals surface area contributed by atoms with Crippen LogP contribution in [0.25, 0.3) is 10.2 Å². The fourth-order valence-electron chi connectivity index (χ4n) is 3.31. The average Bonchev–Trinajstić information content (AvgIpc) is 3.09. The maximum atomic E-state index is 12.8. The molecule has 0 N–H and O–H groups in total. The molecule has 162 valence electrons. The van der Waals surface area contributed by atoms with Crippen molar-refractivity contribution in [1.29, 1.82) is 0 Å². The van der Waals surface area contributed by atoms with E-state index in [9.17, 15) is 13.2 Å². The number of aromatic nitrogens is 1. The summed E-state index contributed by atoms with van der Waals surface area (Å²) in [6, 6.07) is 11.9. The summed E-state index contributed by atoms with van der Waals surface area (Å²) in [5.41, 5.74) is 2.60. The van der Waals surface area contributed by atoms with E-state index in [1.54, 1.807) is 0 Å². The van der Waals surface area contributed by atoms with Gasteiger partial charge in [-0.25, -0.2) is 8.42 Å². The van der Waals surface area contributed by atoms with Crippen LogP contribution in [-0.4, -0.2) is 36.3 Å². The third-order valence-electron chi connectivity index (χ3n) is 4.89. The highest BCUT2D eigenvalue weighted by Crippen LogP contribution is 2.21. The van der Waals surface area contributed by atoms with Crippen molar-refractivity contribution in [2.24, 2.45) is 12.0 Å². The van der Waals surface area contributed by atoms with Gasteiger partial charge in [0.25, 0.3) is 5.91 Å². The summed E-state index contributed by atoms with van der Waals surface area (Å²) in [6.07, 6.45) is 3.93. The maximum absolute atomic E-state index is 12.8. The van der Waals surface area contributed by atoms with Crippen LogP contribution in [0.5, 0.6) is 0 Å².